The zero-order chi connectivity index (χ0) is 16.6. The van der Waals surface area contributed by atoms with Gasteiger partial charge in [0.25, 0.3) is 5.91 Å². The van der Waals surface area contributed by atoms with Crippen LogP contribution in [0.4, 0.5) is 9.18 Å². The SMILES string of the molecule is CC1CCCCC12NC(=O)N(CC(O)c1cccc(F)c1)C2=O. The Morgan fingerprint density at radius 2 is 2.22 bits per heavy atom. The highest BCUT2D eigenvalue weighted by Gasteiger charge is 2.55. The van der Waals surface area contributed by atoms with Crippen LogP contribution in [0.5, 0.6) is 0 Å². The number of benzene rings is 1. The maximum atomic E-state index is 13.3. The summed E-state index contributed by atoms with van der Waals surface area (Å²) >= 11 is 0. The Bertz CT molecular complexity index is 636. The molecule has 1 aromatic carbocycles. The molecule has 0 aromatic heterocycles. The fourth-order valence-corrected chi connectivity index (χ4v) is 3.65. The van der Waals surface area contributed by atoms with Gasteiger partial charge in [0, 0.05) is 0 Å². The molecule has 124 valence electrons. The van der Waals surface area contributed by atoms with Gasteiger partial charge in [0.2, 0.25) is 0 Å². The highest BCUT2D eigenvalue weighted by atomic mass is 19.1. The van der Waals surface area contributed by atoms with Crippen molar-refractivity contribution in [3.8, 4) is 0 Å². The monoisotopic (exact) mass is 320 g/mol. The van der Waals surface area contributed by atoms with Gasteiger partial charge < -0.3 is 10.4 Å². The van der Waals surface area contributed by atoms with Crippen LogP contribution in [0.2, 0.25) is 0 Å². The first kappa shape index (κ1) is 15.9. The first-order chi connectivity index (χ1) is 10.9. The lowest BCUT2D eigenvalue weighted by atomic mass is 9.73. The van der Waals surface area contributed by atoms with Gasteiger partial charge in [-0.15, -0.1) is 0 Å². The van der Waals surface area contributed by atoms with E-state index in [0.717, 1.165) is 24.2 Å². The molecule has 1 aliphatic heterocycles. The minimum atomic E-state index is -1.10. The van der Waals surface area contributed by atoms with Gasteiger partial charge in [-0.1, -0.05) is 31.9 Å². The minimum Gasteiger partial charge on any atom is -0.387 e. The smallest absolute Gasteiger partial charge is 0.325 e. The van der Waals surface area contributed by atoms with Crippen LogP contribution in [-0.4, -0.2) is 34.0 Å². The molecule has 1 spiro atoms. The Morgan fingerprint density at radius 1 is 1.43 bits per heavy atom. The number of hydrogen-bond acceptors (Lipinski definition) is 3. The van der Waals surface area contributed by atoms with Crippen LogP contribution in [0, 0.1) is 11.7 Å². The zero-order valence-electron chi connectivity index (χ0n) is 13.1. The minimum absolute atomic E-state index is 0.0732. The van der Waals surface area contributed by atoms with E-state index in [-0.39, 0.29) is 18.4 Å². The van der Waals surface area contributed by atoms with Crippen molar-refractivity contribution in [3.05, 3.63) is 35.6 Å². The molecule has 1 aliphatic carbocycles. The lowest BCUT2D eigenvalue weighted by Crippen LogP contribution is -2.54. The van der Waals surface area contributed by atoms with Gasteiger partial charge in [0.05, 0.1) is 12.6 Å². The maximum Gasteiger partial charge on any atom is 0.325 e. The van der Waals surface area contributed by atoms with Crippen molar-refractivity contribution in [3.63, 3.8) is 0 Å². The molecular weight excluding hydrogens is 299 g/mol. The maximum absolute atomic E-state index is 13.3. The Labute approximate surface area is 134 Å². The van der Waals surface area contributed by atoms with E-state index < -0.39 is 23.5 Å². The van der Waals surface area contributed by atoms with Crippen molar-refractivity contribution in [1.82, 2.24) is 10.2 Å². The van der Waals surface area contributed by atoms with E-state index >= 15 is 0 Å². The number of imide groups is 1. The molecule has 5 nitrogen and oxygen atoms in total. The molecule has 3 rings (SSSR count). The van der Waals surface area contributed by atoms with E-state index in [0.29, 0.717) is 12.0 Å². The second-order valence-electron chi connectivity index (χ2n) is 6.53. The van der Waals surface area contributed by atoms with E-state index in [4.69, 9.17) is 0 Å². The Kier molecular flexibility index (Phi) is 4.10. The first-order valence-corrected chi connectivity index (χ1v) is 8.01. The number of halogens is 1. The molecule has 0 bridgehead atoms. The quantitative estimate of drug-likeness (QED) is 0.840. The van der Waals surface area contributed by atoms with Gasteiger partial charge in [-0.3, -0.25) is 9.69 Å². The second-order valence-corrected chi connectivity index (χ2v) is 6.53. The largest absolute Gasteiger partial charge is 0.387 e. The van der Waals surface area contributed by atoms with Crippen LogP contribution >= 0.6 is 0 Å². The molecule has 2 N–H and O–H groups in total. The van der Waals surface area contributed by atoms with Gasteiger partial charge in [-0.25, -0.2) is 9.18 Å². The molecule has 23 heavy (non-hydrogen) atoms. The number of β-amino-alcohol motifs (C(OH)–C–C–N with tert-alkyl or cyclic N) is 1. The average molecular weight is 320 g/mol. The zero-order valence-corrected chi connectivity index (χ0v) is 13.1. The topological polar surface area (TPSA) is 69.6 Å². The number of amides is 3. The number of hydrogen-bond donors (Lipinski definition) is 2. The molecule has 1 aromatic rings. The van der Waals surface area contributed by atoms with Crippen molar-refractivity contribution in [2.75, 3.05) is 6.54 Å². The molecule has 2 fully saturated rings. The van der Waals surface area contributed by atoms with Crippen LogP contribution in [-0.2, 0) is 4.79 Å². The highest BCUT2D eigenvalue weighted by Crippen LogP contribution is 2.38. The third-order valence-electron chi connectivity index (χ3n) is 5.09. The summed E-state index contributed by atoms with van der Waals surface area (Å²) in [5.41, 5.74) is -0.486. The summed E-state index contributed by atoms with van der Waals surface area (Å²) < 4.78 is 13.3. The Hall–Kier alpha value is -1.95. The van der Waals surface area contributed by atoms with Gasteiger partial charge in [0.1, 0.15) is 11.4 Å². The molecule has 2 aliphatic rings. The van der Waals surface area contributed by atoms with Crippen LogP contribution in [0.25, 0.3) is 0 Å². The van der Waals surface area contributed by atoms with E-state index in [1.54, 1.807) is 6.07 Å². The summed E-state index contributed by atoms with van der Waals surface area (Å²) in [6.45, 7) is 1.81. The van der Waals surface area contributed by atoms with Crippen LogP contribution in [0.1, 0.15) is 44.3 Å². The Balaban J connectivity index is 1.78. The molecular formula is C17H21FN2O3. The van der Waals surface area contributed by atoms with E-state index in [1.807, 2.05) is 6.92 Å². The van der Waals surface area contributed by atoms with Gasteiger partial charge in [-0.05, 0) is 36.5 Å². The molecule has 1 saturated heterocycles. The molecule has 3 amide bonds. The first-order valence-electron chi connectivity index (χ1n) is 8.01. The third-order valence-corrected chi connectivity index (χ3v) is 5.09. The average Bonchev–Trinajstić information content (AvgIpc) is 2.75. The summed E-state index contributed by atoms with van der Waals surface area (Å²) in [5, 5.41) is 13.1. The lowest BCUT2D eigenvalue weighted by Gasteiger charge is -2.36. The molecule has 1 heterocycles. The van der Waals surface area contributed by atoms with E-state index in [2.05, 4.69) is 5.32 Å². The molecule has 3 unspecified atom stereocenters. The standard InChI is InChI=1S/C17H21FN2O3/c1-11-5-2-3-8-17(11)15(22)20(16(23)19-17)10-14(21)12-6-4-7-13(18)9-12/h4,6-7,9,11,14,21H,2-3,5,8,10H2,1H3,(H,19,23). The van der Waals surface area contributed by atoms with E-state index in [9.17, 15) is 19.1 Å². The lowest BCUT2D eigenvalue weighted by molar-refractivity contribution is -0.135. The van der Waals surface area contributed by atoms with Gasteiger partial charge in [0.15, 0.2) is 0 Å². The summed E-state index contributed by atoms with van der Waals surface area (Å²) in [6.07, 6.45) is 2.38. The fourth-order valence-electron chi connectivity index (χ4n) is 3.65. The Morgan fingerprint density at radius 3 is 2.91 bits per heavy atom. The van der Waals surface area contributed by atoms with Crippen LogP contribution in [0.15, 0.2) is 24.3 Å². The predicted octanol–water partition coefficient (Wildman–Crippen LogP) is 2.36. The van der Waals surface area contributed by atoms with Crippen molar-refractivity contribution in [1.29, 1.82) is 0 Å². The summed E-state index contributed by atoms with van der Waals surface area (Å²) in [7, 11) is 0. The number of aliphatic hydroxyl groups is 1. The number of carbonyl (C=O) groups is 2. The number of rotatable bonds is 3. The third kappa shape index (κ3) is 2.72. The van der Waals surface area contributed by atoms with Crippen LogP contribution < -0.4 is 5.32 Å². The highest BCUT2D eigenvalue weighted by molar-refractivity contribution is 6.07. The molecule has 0 radical (unpaired) electrons. The van der Waals surface area contributed by atoms with Crippen molar-refractivity contribution < 1.29 is 19.1 Å². The number of carbonyl (C=O) groups excluding carboxylic acids is 2. The number of nitrogens with zero attached hydrogens (tertiary/aromatic N) is 1. The van der Waals surface area contributed by atoms with Gasteiger partial charge >= 0.3 is 6.03 Å². The number of nitrogens with one attached hydrogen (secondary N) is 1. The molecule has 6 heteroatoms. The number of aliphatic hydroxyl groups excluding tert-OH is 1. The summed E-state index contributed by atoms with van der Waals surface area (Å²) in [6, 6.07) is 5.08. The van der Waals surface area contributed by atoms with Crippen molar-refractivity contribution in [2.45, 2.75) is 44.2 Å². The molecule has 1 saturated carbocycles. The predicted molar refractivity (Wildman–Crippen MR) is 82.0 cm³/mol. The van der Waals surface area contributed by atoms with Crippen LogP contribution in [0.3, 0.4) is 0 Å². The fraction of sp³-hybridized carbons (Fsp3) is 0.529. The normalized spacial score (nSPS) is 29.0. The summed E-state index contributed by atoms with van der Waals surface area (Å²) in [4.78, 5) is 26.1. The molecule has 3 atom stereocenters. The van der Waals surface area contributed by atoms with E-state index in [1.165, 1.54) is 18.2 Å². The van der Waals surface area contributed by atoms with Crippen molar-refractivity contribution >= 4 is 11.9 Å². The summed E-state index contributed by atoms with van der Waals surface area (Å²) in [5.74, 6) is -0.662. The van der Waals surface area contributed by atoms with Gasteiger partial charge in [-0.2, -0.15) is 0 Å². The number of urea groups is 1. The second kappa shape index (κ2) is 5.92. The van der Waals surface area contributed by atoms with Crippen molar-refractivity contribution in [2.24, 2.45) is 5.92 Å².